The molecule has 2 fully saturated rings. The molecule has 0 bridgehead atoms. The maximum Gasteiger partial charge on any atom is 0.00106 e. The molecule has 0 unspecified atom stereocenters. The summed E-state index contributed by atoms with van der Waals surface area (Å²) in [7, 11) is 0. The monoisotopic (exact) mass is 286 g/mol. The van der Waals surface area contributed by atoms with Crippen LogP contribution < -0.4 is 5.32 Å². The summed E-state index contributed by atoms with van der Waals surface area (Å²) in [5.41, 5.74) is 4.20. The molecular formula is C19H30N2. The van der Waals surface area contributed by atoms with Crippen LogP contribution in [0.4, 0.5) is 0 Å². The van der Waals surface area contributed by atoms with Crippen LogP contribution in [0.1, 0.15) is 51.4 Å². The fourth-order valence-electron chi connectivity index (χ4n) is 5.22. The largest absolute Gasteiger partial charge is 0.317 e. The second-order valence-corrected chi connectivity index (χ2v) is 7.72. The summed E-state index contributed by atoms with van der Waals surface area (Å²) < 4.78 is 0. The topological polar surface area (TPSA) is 15.3 Å². The highest BCUT2D eigenvalue weighted by Crippen LogP contribution is 2.53. The Balaban J connectivity index is 1.36. The second kappa shape index (κ2) is 5.89. The maximum atomic E-state index is 3.49. The van der Waals surface area contributed by atoms with E-state index in [1.165, 1.54) is 84.1 Å². The Hall–Kier alpha value is -0.600. The molecule has 2 heterocycles. The molecule has 4 rings (SSSR count). The van der Waals surface area contributed by atoms with Crippen LogP contribution in [-0.2, 0) is 0 Å². The molecule has 0 saturated carbocycles. The number of nitrogens with zero attached hydrogens (tertiary/aromatic N) is 1. The Labute approximate surface area is 129 Å². The summed E-state index contributed by atoms with van der Waals surface area (Å²) in [6.45, 7) is 6.55. The molecule has 116 valence electrons. The van der Waals surface area contributed by atoms with Crippen molar-refractivity contribution in [1.29, 1.82) is 0 Å². The van der Waals surface area contributed by atoms with E-state index < -0.39 is 0 Å². The number of rotatable bonds is 2. The predicted molar refractivity (Wildman–Crippen MR) is 88.3 cm³/mol. The van der Waals surface area contributed by atoms with E-state index in [0.29, 0.717) is 5.41 Å². The number of piperidine rings is 2. The molecule has 2 nitrogen and oxygen atoms in total. The first-order valence-electron chi connectivity index (χ1n) is 9.18. The molecule has 2 saturated heterocycles. The van der Waals surface area contributed by atoms with Crippen LogP contribution in [0.2, 0.25) is 0 Å². The average Bonchev–Trinajstić information content (AvgIpc) is 2.90. The zero-order valence-corrected chi connectivity index (χ0v) is 13.4. The third-order valence-corrected chi connectivity index (χ3v) is 6.57. The van der Waals surface area contributed by atoms with E-state index in [4.69, 9.17) is 0 Å². The molecular weight excluding hydrogens is 256 g/mol. The molecule has 4 aliphatic rings. The van der Waals surface area contributed by atoms with E-state index >= 15 is 0 Å². The highest BCUT2D eigenvalue weighted by Gasteiger charge is 2.42. The SMILES string of the molecule is C1=CC2=C(CC1)C1(CC2)CCN(CC2CCNCC2)CC1. The van der Waals surface area contributed by atoms with Crippen LogP contribution in [0.3, 0.4) is 0 Å². The third kappa shape index (κ3) is 2.73. The van der Waals surface area contributed by atoms with Crippen LogP contribution in [0.25, 0.3) is 0 Å². The van der Waals surface area contributed by atoms with Gasteiger partial charge in [-0.05, 0) is 94.5 Å². The molecule has 2 aliphatic heterocycles. The van der Waals surface area contributed by atoms with Gasteiger partial charge in [-0.25, -0.2) is 0 Å². The summed E-state index contributed by atoms with van der Waals surface area (Å²) in [5, 5.41) is 3.49. The van der Waals surface area contributed by atoms with Crippen LogP contribution in [0.5, 0.6) is 0 Å². The highest BCUT2D eigenvalue weighted by molar-refractivity contribution is 5.38. The quantitative estimate of drug-likeness (QED) is 0.835. The Kier molecular flexibility index (Phi) is 3.93. The van der Waals surface area contributed by atoms with E-state index in [-0.39, 0.29) is 0 Å². The average molecular weight is 286 g/mol. The molecule has 0 atom stereocenters. The summed E-state index contributed by atoms with van der Waals surface area (Å²) >= 11 is 0. The minimum atomic E-state index is 0.616. The summed E-state index contributed by atoms with van der Waals surface area (Å²) in [5.74, 6) is 0.955. The minimum absolute atomic E-state index is 0.616. The standard InChI is InChI=1S/C19H30N2/c1-2-4-18-17(3-1)5-8-19(18)9-13-21(14-10-19)15-16-6-11-20-12-7-16/h1,3,16,20H,2,4-15H2. The van der Waals surface area contributed by atoms with Gasteiger partial charge >= 0.3 is 0 Å². The fraction of sp³-hybridized carbons (Fsp3) is 0.789. The first-order chi connectivity index (χ1) is 10.4. The summed E-state index contributed by atoms with van der Waals surface area (Å²) in [6.07, 6.45) is 15.9. The van der Waals surface area contributed by atoms with Crippen LogP contribution in [0, 0.1) is 11.3 Å². The lowest BCUT2D eigenvalue weighted by Crippen LogP contribution is -2.43. The minimum Gasteiger partial charge on any atom is -0.317 e. The van der Waals surface area contributed by atoms with Gasteiger partial charge in [-0.1, -0.05) is 17.7 Å². The van der Waals surface area contributed by atoms with Crippen molar-refractivity contribution in [3.05, 3.63) is 23.3 Å². The van der Waals surface area contributed by atoms with Gasteiger partial charge in [-0.15, -0.1) is 0 Å². The molecule has 0 aromatic carbocycles. The number of hydrogen-bond acceptors (Lipinski definition) is 2. The van der Waals surface area contributed by atoms with Crippen molar-refractivity contribution in [1.82, 2.24) is 10.2 Å². The fourth-order valence-corrected chi connectivity index (χ4v) is 5.22. The molecule has 1 N–H and O–H groups in total. The maximum absolute atomic E-state index is 3.49. The van der Waals surface area contributed by atoms with Crippen molar-refractivity contribution < 1.29 is 0 Å². The van der Waals surface area contributed by atoms with Gasteiger partial charge in [0.15, 0.2) is 0 Å². The molecule has 0 amide bonds. The number of fused-ring (bicyclic) bond motifs is 1. The summed E-state index contributed by atoms with van der Waals surface area (Å²) in [6, 6.07) is 0. The number of hydrogen-bond donors (Lipinski definition) is 1. The lowest BCUT2D eigenvalue weighted by Gasteiger charge is -2.43. The van der Waals surface area contributed by atoms with Crippen molar-refractivity contribution >= 4 is 0 Å². The Morgan fingerprint density at radius 1 is 1.10 bits per heavy atom. The third-order valence-electron chi connectivity index (χ3n) is 6.57. The van der Waals surface area contributed by atoms with Gasteiger partial charge < -0.3 is 10.2 Å². The number of nitrogens with one attached hydrogen (secondary N) is 1. The second-order valence-electron chi connectivity index (χ2n) is 7.72. The van der Waals surface area contributed by atoms with Crippen molar-refractivity contribution in [2.24, 2.45) is 11.3 Å². The van der Waals surface area contributed by atoms with Gasteiger partial charge in [-0.2, -0.15) is 0 Å². The summed E-state index contributed by atoms with van der Waals surface area (Å²) in [4.78, 5) is 2.78. The highest BCUT2D eigenvalue weighted by atomic mass is 15.1. The van der Waals surface area contributed by atoms with Crippen molar-refractivity contribution in [3.63, 3.8) is 0 Å². The zero-order valence-electron chi connectivity index (χ0n) is 13.4. The van der Waals surface area contributed by atoms with E-state index in [2.05, 4.69) is 22.4 Å². The van der Waals surface area contributed by atoms with E-state index in [1.54, 1.807) is 5.57 Å². The van der Waals surface area contributed by atoms with Gasteiger partial charge in [0.05, 0.1) is 0 Å². The van der Waals surface area contributed by atoms with Crippen LogP contribution in [0.15, 0.2) is 23.3 Å². The molecule has 2 heteroatoms. The molecule has 0 aromatic rings. The van der Waals surface area contributed by atoms with E-state index in [0.717, 1.165) is 5.92 Å². The smallest absolute Gasteiger partial charge is 0.00106 e. The predicted octanol–water partition coefficient (Wildman–Crippen LogP) is 3.51. The van der Waals surface area contributed by atoms with Crippen molar-refractivity contribution in [2.45, 2.75) is 51.4 Å². The van der Waals surface area contributed by atoms with E-state index in [1.807, 2.05) is 5.57 Å². The first kappa shape index (κ1) is 14.0. The molecule has 1 spiro atoms. The lowest BCUT2D eigenvalue weighted by molar-refractivity contribution is 0.107. The van der Waals surface area contributed by atoms with Crippen molar-refractivity contribution in [3.8, 4) is 0 Å². The van der Waals surface area contributed by atoms with Gasteiger partial charge in [0.2, 0.25) is 0 Å². The Bertz CT molecular complexity index is 434. The molecule has 0 radical (unpaired) electrons. The number of likely N-dealkylation sites (tertiary alicyclic amines) is 1. The van der Waals surface area contributed by atoms with Crippen LogP contribution in [-0.4, -0.2) is 37.6 Å². The molecule has 21 heavy (non-hydrogen) atoms. The van der Waals surface area contributed by atoms with Gasteiger partial charge in [0.1, 0.15) is 0 Å². The first-order valence-corrected chi connectivity index (χ1v) is 9.18. The van der Waals surface area contributed by atoms with Gasteiger partial charge in [0.25, 0.3) is 0 Å². The normalized spacial score (nSPS) is 30.1. The number of allylic oxidation sites excluding steroid dienone is 4. The Morgan fingerprint density at radius 3 is 2.71 bits per heavy atom. The lowest BCUT2D eigenvalue weighted by atomic mass is 9.71. The van der Waals surface area contributed by atoms with Crippen molar-refractivity contribution in [2.75, 3.05) is 32.7 Å². The zero-order chi connectivity index (χ0) is 14.1. The van der Waals surface area contributed by atoms with Gasteiger partial charge in [0, 0.05) is 6.54 Å². The Morgan fingerprint density at radius 2 is 1.90 bits per heavy atom. The molecule has 0 aromatic heterocycles. The molecule has 2 aliphatic carbocycles. The van der Waals surface area contributed by atoms with Crippen LogP contribution >= 0.6 is 0 Å². The van der Waals surface area contributed by atoms with E-state index in [9.17, 15) is 0 Å². The van der Waals surface area contributed by atoms with Gasteiger partial charge in [-0.3, -0.25) is 0 Å².